The lowest BCUT2D eigenvalue weighted by atomic mass is 9.92. The minimum absolute atomic E-state index is 0.195. The van der Waals surface area contributed by atoms with Crippen molar-refractivity contribution in [3.05, 3.63) is 63.6 Å². The number of aliphatic carboxylic acids is 1. The van der Waals surface area contributed by atoms with Crippen molar-refractivity contribution < 1.29 is 14.7 Å². The van der Waals surface area contributed by atoms with E-state index in [1.54, 1.807) is 12.1 Å². The van der Waals surface area contributed by atoms with Gasteiger partial charge in [-0.05, 0) is 17.7 Å². The average Bonchev–Trinajstić information content (AvgIpc) is 2.54. The molecule has 1 aliphatic heterocycles. The van der Waals surface area contributed by atoms with E-state index in [9.17, 15) is 14.7 Å². The first-order valence-electron chi connectivity index (χ1n) is 7.75. The van der Waals surface area contributed by atoms with E-state index >= 15 is 0 Å². The smallest absolute Gasteiger partial charge is 0.326 e. The lowest BCUT2D eigenvalue weighted by Crippen LogP contribution is -2.41. The Bertz CT molecular complexity index is 811. The zero-order valence-corrected chi connectivity index (χ0v) is 14.6. The molecule has 0 saturated carbocycles. The highest BCUT2D eigenvalue weighted by atomic mass is 35.5. The van der Waals surface area contributed by atoms with Gasteiger partial charge in [0.05, 0.1) is 12.5 Å². The van der Waals surface area contributed by atoms with E-state index in [-0.39, 0.29) is 18.7 Å². The molecule has 2 aromatic rings. The number of hydrogen-bond donors (Lipinski definition) is 3. The van der Waals surface area contributed by atoms with E-state index in [0.29, 0.717) is 21.3 Å². The normalized spacial score (nSPS) is 18.8. The predicted molar refractivity (Wildman–Crippen MR) is 97.2 cm³/mol. The number of benzene rings is 2. The highest BCUT2D eigenvalue weighted by Crippen LogP contribution is 2.39. The summed E-state index contributed by atoms with van der Waals surface area (Å²) in [6.45, 7) is 0. The number of nitrogens with one attached hydrogen (secondary N) is 2. The number of halogens is 2. The van der Waals surface area contributed by atoms with Crippen LogP contribution in [0.2, 0.25) is 10.0 Å². The van der Waals surface area contributed by atoms with Gasteiger partial charge in [-0.3, -0.25) is 4.79 Å². The number of hydrogen-bond acceptors (Lipinski definition) is 3. The standard InChI is InChI=1S/C18H16Cl2N2O3/c19-11-7-12(20)17-13(8-11)21-15(18(24)25)9-14(17)22-16(23)6-10-4-2-1-3-5-10/h1-5,7-8,14-15,21H,6,9H2,(H,22,23)(H,24,25)/t14-,15-/m0/s1. The molecule has 0 aliphatic carbocycles. The number of carboxylic acids is 1. The van der Waals surface area contributed by atoms with Crippen molar-refractivity contribution in [2.45, 2.75) is 24.9 Å². The van der Waals surface area contributed by atoms with Crippen molar-refractivity contribution in [3.8, 4) is 0 Å². The van der Waals surface area contributed by atoms with E-state index in [4.69, 9.17) is 23.2 Å². The molecule has 3 N–H and O–H groups in total. The Morgan fingerprint density at radius 1 is 1.20 bits per heavy atom. The highest BCUT2D eigenvalue weighted by Gasteiger charge is 2.33. The van der Waals surface area contributed by atoms with E-state index in [1.165, 1.54) is 0 Å². The fourth-order valence-corrected chi connectivity index (χ4v) is 3.60. The number of anilines is 1. The molecular formula is C18H16Cl2N2O3. The van der Waals surface area contributed by atoms with Crippen LogP contribution >= 0.6 is 23.2 Å². The van der Waals surface area contributed by atoms with Crippen LogP contribution in [0.15, 0.2) is 42.5 Å². The lowest BCUT2D eigenvalue weighted by molar-refractivity contribution is -0.138. The van der Waals surface area contributed by atoms with Crippen LogP contribution in [0.25, 0.3) is 0 Å². The molecule has 1 heterocycles. The van der Waals surface area contributed by atoms with Gasteiger partial charge in [-0.1, -0.05) is 53.5 Å². The fraction of sp³-hybridized carbons (Fsp3) is 0.222. The van der Waals surface area contributed by atoms with E-state index < -0.39 is 18.1 Å². The van der Waals surface area contributed by atoms with Crippen LogP contribution in [0, 0.1) is 0 Å². The molecule has 0 radical (unpaired) electrons. The van der Waals surface area contributed by atoms with Gasteiger partial charge in [0, 0.05) is 27.7 Å². The molecule has 2 atom stereocenters. The molecule has 25 heavy (non-hydrogen) atoms. The summed E-state index contributed by atoms with van der Waals surface area (Å²) in [5.41, 5.74) is 2.07. The molecule has 0 spiro atoms. The maximum absolute atomic E-state index is 12.4. The molecule has 2 aromatic carbocycles. The number of carbonyl (C=O) groups excluding carboxylic acids is 1. The Morgan fingerprint density at radius 3 is 2.60 bits per heavy atom. The van der Waals surface area contributed by atoms with Crippen LogP contribution in [0.3, 0.4) is 0 Å². The summed E-state index contributed by atoms with van der Waals surface area (Å²) in [7, 11) is 0. The Morgan fingerprint density at radius 2 is 1.92 bits per heavy atom. The minimum atomic E-state index is -0.996. The lowest BCUT2D eigenvalue weighted by Gasteiger charge is -2.32. The largest absolute Gasteiger partial charge is 0.480 e. The third-order valence-electron chi connectivity index (χ3n) is 4.08. The van der Waals surface area contributed by atoms with Gasteiger partial charge < -0.3 is 15.7 Å². The zero-order chi connectivity index (χ0) is 18.0. The maximum Gasteiger partial charge on any atom is 0.326 e. The first-order chi connectivity index (χ1) is 11.9. The monoisotopic (exact) mass is 378 g/mol. The Hall–Kier alpha value is -2.24. The first-order valence-corrected chi connectivity index (χ1v) is 8.51. The molecule has 0 aromatic heterocycles. The number of rotatable bonds is 4. The summed E-state index contributed by atoms with van der Waals surface area (Å²) in [4.78, 5) is 23.8. The van der Waals surface area contributed by atoms with Crippen molar-refractivity contribution in [2.24, 2.45) is 0 Å². The Balaban J connectivity index is 1.85. The number of carbonyl (C=O) groups is 2. The molecule has 1 amide bonds. The van der Waals surface area contributed by atoms with Gasteiger partial charge in [-0.2, -0.15) is 0 Å². The van der Waals surface area contributed by atoms with Crippen LogP contribution in [0.4, 0.5) is 5.69 Å². The quantitative estimate of drug-likeness (QED) is 0.758. The Labute approximate surface area is 154 Å². The van der Waals surface area contributed by atoms with Gasteiger partial charge in [0.25, 0.3) is 0 Å². The number of carboxylic acid groups (broad SMARTS) is 1. The van der Waals surface area contributed by atoms with Crippen molar-refractivity contribution >= 4 is 40.8 Å². The molecule has 3 rings (SSSR count). The molecule has 0 saturated heterocycles. The average molecular weight is 379 g/mol. The zero-order valence-electron chi connectivity index (χ0n) is 13.1. The van der Waals surface area contributed by atoms with Gasteiger partial charge in [0.15, 0.2) is 0 Å². The van der Waals surface area contributed by atoms with Crippen molar-refractivity contribution in [3.63, 3.8) is 0 Å². The molecule has 0 bridgehead atoms. The van der Waals surface area contributed by atoms with Crippen LogP contribution in [-0.2, 0) is 16.0 Å². The van der Waals surface area contributed by atoms with Crippen molar-refractivity contribution in [1.29, 1.82) is 0 Å². The first kappa shape index (κ1) is 17.6. The molecule has 5 nitrogen and oxygen atoms in total. The third-order valence-corrected chi connectivity index (χ3v) is 4.62. The SMILES string of the molecule is O=C(Cc1ccccc1)N[C@H]1C[C@@H](C(=O)O)Nc2cc(Cl)cc(Cl)c21. The van der Waals surface area contributed by atoms with Gasteiger partial charge in [0.1, 0.15) is 6.04 Å². The predicted octanol–water partition coefficient (Wildman–Crippen LogP) is 3.66. The van der Waals surface area contributed by atoms with Gasteiger partial charge in [-0.15, -0.1) is 0 Å². The molecule has 0 unspecified atom stereocenters. The number of amides is 1. The van der Waals surface area contributed by atoms with Crippen molar-refractivity contribution in [2.75, 3.05) is 5.32 Å². The van der Waals surface area contributed by atoms with E-state index in [2.05, 4.69) is 10.6 Å². The second kappa shape index (κ2) is 7.33. The summed E-state index contributed by atoms with van der Waals surface area (Å²) in [6, 6.07) is 11.2. The Kier molecular flexibility index (Phi) is 5.16. The van der Waals surface area contributed by atoms with E-state index in [0.717, 1.165) is 5.56 Å². The molecular weight excluding hydrogens is 363 g/mol. The molecule has 130 valence electrons. The topological polar surface area (TPSA) is 78.4 Å². The summed E-state index contributed by atoms with van der Waals surface area (Å²) in [5, 5.41) is 16.0. The van der Waals surface area contributed by atoms with Gasteiger partial charge in [0.2, 0.25) is 5.91 Å². The highest BCUT2D eigenvalue weighted by molar-refractivity contribution is 6.35. The summed E-state index contributed by atoms with van der Waals surface area (Å²) >= 11 is 12.3. The second-order valence-corrected chi connectivity index (χ2v) is 6.75. The van der Waals surface area contributed by atoms with Crippen LogP contribution in [0.5, 0.6) is 0 Å². The fourth-order valence-electron chi connectivity index (χ4n) is 2.98. The minimum Gasteiger partial charge on any atom is -0.480 e. The van der Waals surface area contributed by atoms with Crippen molar-refractivity contribution in [1.82, 2.24) is 5.32 Å². The third kappa shape index (κ3) is 4.06. The molecule has 7 heteroatoms. The second-order valence-electron chi connectivity index (χ2n) is 5.90. The van der Waals surface area contributed by atoms with Crippen LogP contribution in [-0.4, -0.2) is 23.0 Å². The summed E-state index contributed by atoms with van der Waals surface area (Å²) < 4.78 is 0. The van der Waals surface area contributed by atoms with E-state index in [1.807, 2.05) is 30.3 Å². The summed E-state index contributed by atoms with van der Waals surface area (Å²) in [6.07, 6.45) is 0.410. The van der Waals surface area contributed by atoms with Crippen LogP contribution in [0.1, 0.15) is 23.6 Å². The number of fused-ring (bicyclic) bond motifs is 1. The van der Waals surface area contributed by atoms with Gasteiger partial charge >= 0.3 is 5.97 Å². The molecule has 1 aliphatic rings. The molecule has 0 fully saturated rings. The summed E-state index contributed by atoms with van der Waals surface area (Å²) in [5.74, 6) is -1.19. The maximum atomic E-state index is 12.4. The van der Waals surface area contributed by atoms with Crippen LogP contribution < -0.4 is 10.6 Å². The van der Waals surface area contributed by atoms with Gasteiger partial charge in [-0.25, -0.2) is 4.79 Å².